The van der Waals surface area contributed by atoms with Crippen LogP contribution in [-0.2, 0) is 29.9 Å². The smallest absolute Gasteiger partial charge is 0.426 e. The lowest BCUT2D eigenvalue weighted by atomic mass is 9.99. The molecule has 3 aromatic heterocycles. The molecule has 76 heavy (non-hydrogen) atoms. The van der Waals surface area contributed by atoms with Crippen LogP contribution in [0.25, 0.3) is 33.4 Å². The minimum Gasteiger partial charge on any atom is -0.481 e. The van der Waals surface area contributed by atoms with E-state index in [1.54, 1.807) is 115 Å². The van der Waals surface area contributed by atoms with Gasteiger partial charge in [0.25, 0.3) is 17.1 Å². The molecule has 394 valence electrons. The van der Waals surface area contributed by atoms with Crippen molar-refractivity contribution in [3.63, 3.8) is 0 Å². The number of aliphatic carboxylic acids is 1. The Morgan fingerprint density at radius 1 is 0.553 bits per heavy atom. The van der Waals surface area contributed by atoms with E-state index in [0.29, 0.717) is 93.6 Å². The molecule has 0 bridgehead atoms. The number of carboxylic acid groups (broad SMARTS) is 1. The van der Waals surface area contributed by atoms with E-state index in [-0.39, 0.29) is 38.7 Å². The Morgan fingerprint density at radius 3 is 1.22 bits per heavy atom. The molecule has 0 unspecified atom stereocenters. The molecular formula is C54H39ClF9N3O6S3. The van der Waals surface area contributed by atoms with E-state index in [0.717, 1.165) is 5.56 Å². The van der Waals surface area contributed by atoms with Crippen LogP contribution in [0.5, 0.6) is 0 Å². The van der Waals surface area contributed by atoms with Gasteiger partial charge in [-0.25, -0.2) is 0 Å². The van der Waals surface area contributed by atoms with Gasteiger partial charge in [-0.15, -0.1) is 34.0 Å². The van der Waals surface area contributed by atoms with E-state index < -0.39 is 56.2 Å². The first-order chi connectivity index (χ1) is 36.0. The van der Waals surface area contributed by atoms with Gasteiger partial charge in [-0.3, -0.25) is 28.9 Å². The molecule has 5 aromatic carbocycles. The van der Waals surface area contributed by atoms with Crippen LogP contribution in [0.2, 0.25) is 0 Å². The zero-order valence-corrected chi connectivity index (χ0v) is 41.9. The van der Waals surface area contributed by atoms with Gasteiger partial charge < -0.3 is 15.7 Å². The fraction of sp³-hybridized carbons (Fsp3) is 0.130. The monoisotopic (exact) mass is 1130 g/mol. The Bertz CT molecular complexity index is 3330. The van der Waals surface area contributed by atoms with Crippen molar-refractivity contribution in [2.45, 2.75) is 25.1 Å². The van der Waals surface area contributed by atoms with Crippen LogP contribution in [0.15, 0.2) is 158 Å². The number of anilines is 2. The van der Waals surface area contributed by atoms with E-state index >= 15 is 0 Å². The standard InChI is InChI=1S/C23H19F3N2O3S.C19H12F3NO2S.C12H6ClF3OS.H2/c24-23(25,26)20-18(15-4-2-1-3-5-15)10-19(32-20)21(29)27-17-8-6-14(7-9-17)11-28-12-16(13-28)22(30)31;20-19(21,22)17-15(13-4-2-1-3-5-13)10-16(26-17)18(25)23-14-8-6-12(11-24)7-9-14;13-11(17)9-6-8(7-4-2-1-3-5-7)10(18-9)12(14,15)16;/h1-10,16H,11-13H2,(H,27,29)(H,30,31);1-11H,(H,23,25);1-6H;1H. The number of thiophene rings is 3. The molecule has 9 rings (SSSR count). The molecule has 3 N–H and O–H groups in total. The van der Waals surface area contributed by atoms with E-state index in [1.807, 2.05) is 4.90 Å². The lowest BCUT2D eigenvalue weighted by Crippen LogP contribution is -2.49. The molecule has 1 saturated heterocycles. The minimum absolute atomic E-state index is 0. The number of alkyl halides is 9. The SMILES string of the molecule is O=C(Cl)c1cc(-c2ccccc2)c(C(F)(F)F)s1.O=C(Nc1ccc(CN2CC(C(=O)O)C2)cc1)c1cc(-c2ccccc2)c(C(F)(F)F)s1.O=Cc1ccc(NC(=O)c2cc(-c3ccccc3)c(C(F)(F)F)s2)cc1.[HH]. The summed E-state index contributed by atoms with van der Waals surface area (Å²) in [5, 5.41) is 13.2. The second-order valence-electron chi connectivity index (χ2n) is 16.5. The number of benzene rings is 5. The van der Waals surface area contributed by atoms with Gasteiger partial charge in [-0.1, -0.05) is 103 Å². The van der Waals surface area contributed by atoms with Gasteiger partial charge in [0.15, 0.2) is 0 Å². The third kappa shape index (κ3) is 14.5. The van der Waals surface area contributed by atoms with Crippen LogP contribution in [0.4, 0.5) is 50.9 Å². The minimum atomic E-state index is -4.56. The summed E-state index contributed by atoms with van der Waals surface area (Å²) >= 11 is 6.42. The molecule has 8 aromatic rings. The maximum Gasteiger partial charge on any atom is 0.426 e. The quantitative estimate of drug-likeness (QED) is 0.0630. The third-order valence-electron chi connectivity index (χ3n) is 11.1. The van der Waals surface area contributed by atoms with Crippen molar-refractivity contribution in [3.05, 3.63) is 198 Å². The number of nitrogens with one attached hydrogen (secondary N) is 2. The first-order valence-electron chi connectivity index (χ1n) is 22.2. The van der Waals surface area contributed by atoms with Gasteiger partial charge in [0.2, 0.25) is 0 Å². The Kier molecular flexibility index (Phi) is 17.8. The number of carbonyl (C=O) groups is 5. The van der Waals surface area contributed by atoms with Crippen molar-refractivity contribution in [1.29, 1.82) is 0 Å². The van der Waals surface area contributed by atoms with Gasteiger partial charge >= 0.3 is 24.5 Å². The van der Waals surface area contributed by atoms with Gasteiger partial charge in [0, 0.05) is 54.7 Å². The van der Waals surface area contributed by atoms with E-state index in [1.165, 1.54) is 42.5 Å². The summed E-state index contributed by atoms with van der Waals surface area (Å²) in [6, 6.07) is 41.1. The lowest BCUT2D eigenvalue weighted by Gasteiger charge is -2.36. The van der Waals surface area contributed by atoms with Crippen LogP contribution in [0, 0.1) is 5.92 Å². The first-order valence-corrected chi connectivity index (χ1v) is 25.0. The average Bonchev–Trinajstić information content (AvgIpc) is 4.18. The number of hydrogen-bond donors (Lipinski definition) is 3. The van der Waals surface area contributed by atoms with Crippen molar-refractivity contribution < 1.29 is 70.0 Å². The highest BCUT2D eigenvalue weighted by Crippen LogP contribution is 2.45. The van der Waals surface area contributed by atoms with Crippen molar-refractivity contribution in [1.82, 2.24) is 4.90 Å². The van der Waals surface area contributed by atoms with E-state index in [2.05, 4.69) is 10.6 Å². The predicted molar refractivity (Wildman–Crippen MR) is 277 cm³/mol. The molecule has 1 aliphatic rings. The highest BCUT2D eigenvalue weighted by atomic mass is 35.5. The Balaban J connectivity index is 0.000000193. The van der Waals surface area contributed by atoms with Gasteiger partial charge in [0.1, 0.15) is 20.9 Å². The van der Waals surface area contributed by atoms with Crippen LogP contribution >= 0.6 is 45.6 Å². The Hall–Kier alpha value is -7.43. The lowest BCUT2D eigenvalue weighted by molar-refractivity contribution is -0.147. The number of rotatable bonds is 12. The van der Waals surface area contributed by atoms with E-state index in [9.17, 15) is 63.5 Å². The van der Waals surface area contributed by atoms with Gasteiger partial charge in [-0.05, 0) is 88.5 Å². The number of nitrogens with zero attached hydrogens (tertiary/aromatic N) is 1. The highest BCUT2D eigenvalue weighted by Gasteiger charge is 2.39. The Morgan fingerprint density at radius 2 is 0.895 bits per heavy atom. The van der Waals surface area contributed by atoms with Crippen LogP contribution in [0.3, 0.4) is 0 Å². The number of hydrogen-bond acceptors (Lipinski definition) is 9. The Labute approximate surface area is 445 Å². The summed E-state index contributed by atoms with van der Waals surface area (Å²) in [4.78, 5) is 56.9. The fourth-order valence-electron chi connectivity index (χ4n) is 7.46. The zero-order valence-electron chi connectivity index (χ0n) is 38.7. The summed E-state index contributed by atoms with van der Waals surface area (Å²) in [6.07, 6.45) is -13.0. The summed E-state index contributed by atoms with van der Waals surface area (Å²) in [6.45, 7) is 1.59. The summed E-state index contributed by atoms with van der Waals surface area (Å²) in [5.41, 5.74) is 3.39. The summed E-state index contributed by atoms with van der Waals surface area (Å²) in [5.74, 6) is -2.37. The number of halogens is 10. The number of carboxylic acids is 1. The molecule has 0 saturated carbocycles. The van der Waals surface area contributed by atoms with Gasteiger partial charge in [0.05, 0.1) is 20.5 Å². The van der Waals surface area contributed by atoms with Crippen LogP contribution in [0.1, 0.15) is 61.0 Å². The molecule has 1 fully saturated rings. The second kappa shape index (κ2) is 24.1. The predicted octanol–water partition coefficient (Wildman–Crippen LogP) is 15.8. The van der Waals surface area contributed by atoms with Crippen molar-refractivity contribution in [3.8, 4) is 33.4 Å². The largest absolute Gasteiger partial charge is 0.481 e. The van der Waals surface area contributed by atoms with Crippen molar-refractivity contribution >= 4 is 86.3 Å². The van der Waals surface area contributed by atoms with Crippen LogP contribution in [-0.4, -0.2) is 52.4 Å². The number of amides is 2. The third-order valence-corrected chi connectivity index (χ3v) is 14.9. The maximum absolute atomic E-state index is 13.5. The molecule has 0 spiro atoms. The molecule has 1 aliphatic heterocycles. The molecule has 9 nitrogen and oxygen atoms in total. The zero-order chi connectivity index (χ0) is 55.0. The molecule has 0 atom stereocenters. The molecule has 0 aliphatic carbocycles. The molecule has 4 heterocycles. The maximum atomic E-state index is 13.5. The van der Waals surface area contributed by atoms with Gasteiger partial charge in [-0.2, -0.15) is 39.5 Å². The topological polar surface area (TPSA) is 133 Å². The summed E-state index contributed by atoms with van der Waals surface area (Å²) < 4.78 is 119. The fourth-order valence-corrected chi connectivity index (χ4v) is 10.4. The molecular weight excluding hydrogens is 1090 g/mol. The first kappa shape index (κ1) is 56.3. The normalized spacial score (nSPS) is 12.8. The molecule has 0 radical (unpaired) electrons. The van der Waals surface area contributed by atoms with E-state index in [4.69, 9.17) is 16.7 Å². The number of carbonyl (C=O) groups excluding carboxylic acids is 4. The van der Waals surface area contributed by atoms with Crippen molar-refractivity contribution in [2.75, 3.05) is 23.7 Å². The number of likely N-dealkylation sites (tertiary alicyclic amines) is 1. The summed E-state index contributed by atoms with van der Waals surface area (Å²) in [7, 11) is 0. The number of aldehydes is 1. The van der Waals surface area contributed by atoms with Crippen LogP contribution < -0.4 is 10.6 Å². The highest BCUT2D eigenvalue weighted by molar-refractivity contribution is 7.16. The second-order valence-corrected chi connectivity index (χ2v) is 20.0. The average molecular weight is 1130 g/mol. The van der Waals surface area contributed by atoms with Crippen molar-refractivity contribution in [2.24, 2.45) is 5.92 Å². The molecule has 22 heteroatoms. The molecule has 2 amide bonds.